The van der Waals surface area contributed by atoms with Gasteiger partial charge in [-0.15, -0.1) is 0 Å². The van der Waals surface area contributed by atoms with Crippen LogP contribution < -0.4 is 15.8 Å². The molecular weight excluding hydrogens is 264 g/mol. The van der Waals surface area contributed by atoms with E-state index >= 15 is 0 Å². The SMILES string of the molecule is Nc1ccnc(Nc2cccc(Oc3ccccc3)c2)n1. The van der Waals surface area contributed by atoms with Gasteiger partial charge in [-0.2, -0.15) is 4.98 Å². The monoisotopic (exact) mass is 278 g/mol. The minimum Gasteiger partial charge on any atom is -0.457 e. The van der Waals surface area contributed by atoms with E-state index in [0.717, 1.165) is 17.2 Å². The molecule has 0 atom stereocenters. The molecule has 0 bridgehead atoms. The summed E-state index contributed by atoms with van der Waals surface area (Å²) < 4.78 is 5.77. The summed E-state index contributed by atoms with van der Waals surface area (Å²) in [7, 11) is 0. The zero-order valence-corrected chi connectivity index (χ0v) is 11.2. The Hall–Kier alpha value is -3.08. The largest absolute Gasteiger partial charge is 0.457 e. The van der Waals surface area contributed by atoms with Crippen LogP contribution in [0.3, 0.4) is 0 Å². The van der Waals surface area contributed by atoms with Gasteiger partial charge in [-0.05, 0) is 30.3 Å². The molecule has 0 saturated carbocycles. The van der Waals surface area contributed by atoms with E-state index in [4.69, 9.17) is 10.5 Å². The van der Waals surface area contributed by atoms with Crippen molar-refractivity contribution in [1.29, 1.82) is 0 Å². The number of aromatic nitrogens is 2. The van der Waals surface area contributed by atoms with Crippen molar-refractivity contribution in [3.05, 3.63) is 66.9 Å². The van der Waals surface area contributed by atoms with Crippen LogP contribution in [-0.2, 0) is 0 Å². The molecule has 0 fully saturated rings. The van der Waals surface area contributed by atoms with Crippen LogP contribution in [0.4, 0.5) is 17.5 Å². The van der Waals surface area contributed by atoms with Crippen molar-refractivity contribution in [3.63, 3.8) is 0 Å². The van der Waals surface area contributed by atoms with Crippen LogP contribution in [0.2, 0.25) is 0 Å². The summed E-state index contributed by atoms with van der Waals surface area (Å²) in [4.78, 5) is 8.20. The molecule has 5 nitrogen and oxygen atoms in total. The van der Waals surface area contributed by atoms with Crippen molar-refractivity contribution in [2.75, 3.05) is 11.1 Å². The normalized spacial score (nSPS) is 10.1. The number of hydrogen-bond donors (Lipinski definition) is 2. The van der Waals surface area contributed by atoms with Crippen LogP contribution in [0.1, 0.15) is 0 Å². The summed E-state index contributed by atoms with van der Waals surface area (Å²) in [5.74, 6) is 2.39. The molecule has 0 amide bonds. The molecule has 0 aliphatic carbocycles. The minimum atomic E-state index is 0.421. The molecule has 0 radical (unpaired) electrons. The average Bonchev–Trinajstić information content (AvgIpc) is 2.49. The van der Waals surface area contributed by atoms with Crippen molar-refractivity contribution < 1.29 is 4.74 Å². The lowest BCUT2D eigenvalue weighted by atomic mass is 10.3. The van der Waals surface area contributed by atoms with E-state index in [9.17, 15) is 0 Å². The number of nitrogen functional groups attached to an aromatic ring is 1. The van der Waals surface area contributed by atoms with E-state index in [1.54, 1.807) is 12.3 Å². The molecule has 0 unspecified atom stereocenters. The number of rotatable bonds is 4. The van der Waals surface area contributed by atoms with Crippen LogP contribution in [-0.4, -0.2) is 9.97 Å². The molecular formula is C16H14N4O. The molecule has 5 heteroatoms. The summed E-state index contributed by atoms with van der Waals surface area (Å²) in [5, 5.41) is 3.09. The molecule has 0 aliphatic heterocycles. The first-order valence-corrected chi connectivity index (χ1v) is 6.48. The number of nitrogens with one attached hydrogen (secondary N) is 1. The Morgan fingerprint density at radius 2 is 1.71 bits per heavy atom. The molecule has 1 heterocycles. The zero-order chi connectivity index (χ0) is 14.5. The molecule has 3 rings (SSSR count). The van der Waals surface area contributed by atoms with E-state index in [0.29, 0.717) is 11.8 Å². The van der Waals surface area contributed by atoms with E-state index in [-0.39, 0.29) is 0 Å². The molecule has 104 valence electrons. The molecule has 0 aliphatic rings. The van der Waals surface area contributed by atoms with Gasteiger partial charge in [0, 0.05) is 18.0 Å². The fraction of sp³-hybridized carbons (Fsp3) is 0. The third-order valence-corrected chi connectivity index (χ3v) is 2.75. The zero-order valence-electron chi connectivity index (χ0n) is 11.2. The summed E-state index contributed by atoms with van der Waals surface area (Å²) in [6.45, 7) is 0. The molecule has 2 aromatic carbocycles. The topological polar surface area (TPSA) is 73.1 Å². The predicted molar refractivity (Wildman–Crippen MR) is 82.7 cm³/mol. The number of para-hydroxylation sites is 1. The molecule has 21 heavy (non-hydrogen) atoms. The fourth-order valence-electron chi connectivity index (χ4n) is 1.82. The Kier molecular flexibility index (Phi) is 3.64. The Labute approximate surface area is 122 Å². The maximum Gasteiger partial charge on any atom is 0.229 e. The Morgan fingerprint density at radius 1 is 0.905 bits per heavy atom. The van der Waals surface area contributed by atoms with Gasteiger partial charge in [0.15, 0.2) is 0 Å². The molecule has 0 saturated heterocycles. The lowest BCUT2D eigenvalue weighted by molar-refractivity contribution is 0.483. The van der Waals surface area contributed by atoms with Gasteiger partial charge >= 0.3 is 0 Å². The van der Waals surface area contributed by atoms with Crippen molar-refractivity contribution in [1.82, 2.24) is 9.97 Å². The van der Waals surface area contributed by atoms with Gasteiger partial charge in [0.25, 0.3) is 0 Å². The van der Waals surface area contributed by atoms with Gasteiger partial charge in [0.2, 0.25) is 5.95 Å². The summed E-state index contributed by atoms with van der Waals surface area (Å²) >= 11 is 0. The molecule has 1 aromatic heterocycles. The van der Waals surface area contributed by atoms with Crippen LogP contribution in [0.15, 0.2) is 66.9 Å². The number of hydrogen-bond acceptors (Lipinski definition) is 5. The van der Waals surface area contributed by atoms with Gasteiger partial charge in [-0.3, -0.25) is 0 Å². The molecule has 3 aromatic rings. The lowest BCUT2D eigenvalue weighted by Gasteiger charge is -2.08. The van der Waals surface area contributed by atoms with Crippen molar-refractivity contribution in [2.45, 2.75) is 0 Å². The lowest BCUT2D eigenvalue weighted by Crippen LogP contribution is -1.99. The highest BCUT2D eigenvalue weighted by Gasteiger charge is 2.01. The van der Waals surface area contributed by atoms with Crippen LogP contribution in [0, 0.1) is 0 Å². The van der Waals surface area contributed by atoms with E-state index < -0.39 is 0 Å². The molecule has 3 N–H and O–H groups in total. The van der Waals surface area contributed by atoms with Crippen molar-refractivity contribution in [2.24, 2.45) is 0 Å². The first kappa shape index (κ1) is 12.9. The third-order valence-electron chi connectivity index (χ3n) is 2.75. The minimum absolute atomic E-state index is 0.421. The van der Waals surface area contributed by atoms with E-state index in [1.807, 2.05) is 54.6 Å². The van der Waals surface area contributed by atoms with Gasteiger partial charge < -0.3 is 15.8 Å². The smallest absolute Gasteiger partial charge is 0.229 e. The fourth-order valence-corrected chi connectivity index (χ4v) is 1.82. The maximum atomic E-state index is 5.77. The maximum absolute atomic E-state index is 5.77. The van der Waals surface area contributed by atoms with E-state index in [1.165, 1.54) is 0 Å². The Balaban J connectivity index is 1.77. The summed E-state index contributed by atoms with van der Waals surface area (Å²) in [5.41, 5.74) is 6.46. The Bertz CT molecular complexity index is 731. The third kappa shape index (κ3) is 3.48. The summed E-state index contributed by atoms with van der Waals surface area (Å²) in [6.07, 6.45) is 1.61. The second kappa shape index (κ2) is 5.92. The standard InChI is InChI=1S/C16H14N4O/c17-15-9-10-18-16(20-15)19-12-5-4-8-14(11-12)21-13-6-2-1-3-7-13/h1-11H,(H3,17,18,19,20). The second-order valence-electron chi connectivity index (χ2n) is 4.37. The van der Waals surface area contributed by atoms with Gasteiger partial charge in [-0.25, -0.2) is 4.98 Å². The van der Waals surface area contributed by atoms with Crippen LogP contribution in [0.25, 0.3) is 0 Å². The second-order valence-corrected chi connectivity index (χ2v) is 4.37. The predicted octanol–water partition coefficient (Wildman–Crippen LogP) is 3.59. The van der Waals surface area contributed by atoms with Crippen LogP contribution in [0.5, 0.6) is 11.5 Å². The first-order chi connectivity index (χ1) is 10.3. The molecule has 0 spiro atoms. The van der Waals surface area contributed by atoms with Crippen molar-refractivity contribution in [3.8, 4) is 11.5 Å². The number of anilines is 3. The average molecular weight is 278 g/mol. The highest BCUT2D eigenvalue weighted by Crippen LogP contribution is 2.24. The highest BCUT2D eigenvalue weighted by atomic mass is 16.5. The number of ether oxygens (including phenoxy) is 1. The van der Waals surface area contributed by atoms with Crippen LogP contribution >= 0.6 is 0 Å². The number of benzene rings is 2. The Morgan fingerprint density at radius 3 is 2.52 bits per heavy atom. The highest BCUT2D eigenvalue weighted by molar-refractivity contribution is 5.57. The quantitative estimate of drug-likeness (QED) is 0.763. The van der Waals surface area contributed by atoms with Crippen molar-refractivity contribution >= 4 is 17.5 Å². The first-order valence-electron chi connectivity index (χ1n) is 6.48. The van der Waals surface area contributed by atoms with Gasteiger partial charge in [0.05, 0.1) is 0 Å². The number of nitrogens with zero attached hydrogens (tertiary/aromatic N) is 2. The number of nitrogens with two attached hydrogens (primary N) is 1. The van der Waals surface area contributed by atoms with Gasteiger partial charge in [0.1, 0.15) is 17.3 Å². The van der Waals surface area contributed by atoms with E-state index in [2.05, 4.69) is 15.3 Å². The summed E-state index contributed by atoms with van der Waals surface area (Å²) in [6, 6.07) is 18.8. The van der Waals surface area contributed by atoms with Gasteiger partial charge in [-0.1, -0.05) is 24.3 Å².